The van der Waals surface area contributed by atoms with Crippen LogP contribution in [0.15, 0.2) is 0 Å². The number of rotatable bonds is 0. The van der Waals surface area contributed by atoms with Crippen molar-refractivity contribution in [1.29, 1.82) is 5.41 Å². The minimum Gasteiger partial charge on any atom is -0.360 e. The second kappa shape index (κ2) is 2.75. The second-order valence-corrected chi connectivity index (χ2v) is 2.93. The van der Waals surface area contributed by atoms with Crippen molar-refractivity contribution in [2.75, 3.05) is 13.1 Å². The van der Waals surface area contributed by atoms with Crippen molar-refractivity contribution >= 4 is 5.84 Å². The summed E-state index contributed by atoms with van der Waals surface area (Å²) in [6, 6.07) is 0. The number of hydrogen-bond acceptors (Lipinski definition) is 1. The maximum atomic E-state index is 12.5. The summed E-state index contributed by atoms with van der Waals surface area (Å²) in [6.45, 7) is 2.27. The normalized spacial score (nSPS) is 23.4. The van der Waals surface area contributed by atoms with E-state index in [-0.39, 0.29) is 12.8 Å². The fraction of sp³-hybridized carbons (Fsp3) is 0.857. The van der Waals surface area contributed by atoms with Crippen LogP contribution in [0.5, 0.6) is 0 Å². The lowest BCUT2D eigenvalue weighted by molar-refractivity contribution is -0.0436. The van der Waals surface area contributed by atoms with Gasteiger partial charge in [-0.25, -0.2) is 8.78 Å². The molecule has 0 saturated carbocycles. The van der Waals surface area contributed by atoms with Gasteiger partial charge in [0.15, 0.2) is 0 Å². The smallest absolute Gasteiger partial charge is 0.251 e. The molecular formula is C7H12F2N2. The molecular weight excluding hydrogens is 150 g/mol. The predicted octanol–water partition coefficient (Wildman–Crippen LogP) is 1.71. The van der Waals surface area contributed by atoms with E-state index in [0.717, 1.165) is 0 Å². The van der Waals surface area contributed by atoms with Crippen LogP contribution in [0.2, 0.25) is 0 Å². The van der Waals surface area contributed by atoms with E-state index in [9.17, 15) is 8.78 Å². The summed E-state index contributed by atoms with van der Waals surface area (Å²) in [5, 5.41) is 7.20. The third-order valence-corrected chi connectivity index (χ3v) is 1.97. The lowest BCUT2D eigenvalue weighted by Gasteiger charge is -2.32. The van der Waals surface area contributed by atoms with Crippen LogP contribution in [-0.4, -0.2) is 29.7 Å². The molecule has 2 nitrogen and oxygen atoms in total. The minimum atomic E-state index is -2.49. The summed E-state index contributed by atoms with van der Waals surface area (Å²) in [4.78, 5) is 1.68. The van der Waals surface area contributed by atoms with Gasteiger partial charge in [-0.1, -0.05) is 0 Å². The molecule has 11 heavy (non-hydrogen) atoms. The summed E-state index contributed by atoms with van der Waals surface area (Å²) in [5.74, 6) is -2.10. The van der Waals surface area contributed by atoms with Gasteiger partial charge >= 0.3 is 0 Å². The van der Waals surface area contributed by atoms with Crippen LogP contribution in [0.25, 0.3) is 0 Å². The lowest BCUT2D eigenvalue weighted by Crippen LogP contribution is -2.41. The van der Waals surface area contributed by atoms with Gasteiger partial charge in [0, 0.05) is 25.9 Å². The van der Waals surface area contributed by atoms with Gasteiger partial charge < -0.3 is 4.90 Å². The average Bonchev–Trinajstić information content (AvgIpc) is 1.86. The molecule has 1 fully saturated rings. The van der Waals surface area contributed by atoms with Crippen LogP contribution in [0.3, 0.4) is 0 Å². The first kappa shape index (κ1) is 8.43. The monoisotopic (exact) mass is 162 g/mol. The van der Waals surface area contributed by atoms with Crippen LogP contribution in [0, 0.1) is 5.41 Å². The Labute approximate surface area is 64.7 Å². The van der Waals surface area contributed by atoms with E-state index in [1.54, 1.807) is 11.8 Å². The number of hydrogen-bond donors (Lipinski definition) is 1. The molecule has 1 saturated heterocycles. The van der Waals surface area contributed by atoms with E-state index in [1.807, 2.05) is 0 Å². The second-order valence-electron chi connectivity index (χ2n) is 2.93. The maximum absolute atomic E-state index is 12.5. The molecule has 0 amide bonds. The molecule has 0 spiro atoms. The van der Waals surface area contributed by atoms with Crippen LogP contribution in [0.1, 0.15) is 19.8 Å². The van der Waals surface area contributed by atoms with Gasteiger partial charge in [-0.2, -0.15) is 0 Å². The molecule has 1 aliphatic rings. The Morgan fingerprint density at radius 1 is 1.36 bits per heavy atom. The van der Waals surface area contributed by atoms with E-state index >= 15 is 0 Å². The van der Waals surface area contributed by atoms with E-state index in [1.165, 1.54) is 0 Å². The van der Waals surface area contributed by atoms with E-state index < -0.39 is 5.92 Å². The number of halogens is 2. The molecule has 1 aliphatic heterocycles. The summed E-state index contributed by atoms with van der Waals surface area (Å²) in [7, 11) is 0. The number of nitrogens with one attached hydrogen (secondary N) is 1. The summed E-state index contributed by atoms with van der Waals surface area (Å²) >= 11 is 0. The molecule has 0 aromatic rings. The highest BCUT2D eigenvalue weighted by Gasteiger charge is 2.33. The van der Waals surface area contributed by atoms with Crippen LogP contribution in [0.4, 0.5) is 8.78 Å². The summed E-state index contributed by atoms with van der Waals surface area (Å²) in [5.41, 5.74) is 0. The highest BCUT2D eigenvalue weighted by Crippen LogP contribution is 2.27. The number of piperidine rings is 1. The average molecular weight is 162 g/mol. The zero-order chi connectivity index (χ0) is 8.48. The van der Waals surface area contributed by atoms with Crippen LogP contribution in [-0.2, 0) is 0 Å². The van der Waals surface area contributed by atoms with Crippen LogP contribution < -0.4 is 0 Å². The molecule has 0 atom stereocenters. The van der Waals surface area contributed by atoms with Crippen LogP contribution >= 0.6 is 0 Å². The lowest BCUT2D eigenvalue weighted by atomic mass is 10.1. The zero-order valence-corrected chi connectivity index (χ0v) is 6.53. The van der Waals surface area contributed by atoms with Gasteiger partial charge in [0.05, 0.1) is 5.84 Å². The maximum Gasteiger partial charge on any atom is 0.251 e. The molecule has 1 heterocycles. The van der Waals surface area contributed by atoms with Gasteiger partial charge in [-0.15, -0.1) is 0 Å². The largest absolute Gasteiger partial charge is 0.360 e. The standard InChI is InChI=1S/C7H12F2N2/c1-6(10)11-4-2-7(8,9)3-5-11/h10H,2-5H2,1H3. The molecule has 1 N–H and O–H groups in total. The molecule has 64 valence electrons. The van der Waals surface area contributed by atoms with Crippen molar-refractivity contribution in [3.8, 4) is 0 Å². The summed E-state index contributed by atoms with van der Waals surface area (Å²) in [6.07, 6.45) is -0.216. The SMILES string of the molecule is CC(=N)N1CCC(F)(F)CC1. The van der Waals surface area contributed by atoms with Gasteiger partial charge in [0.25, 0.3) is 5.92 Å². The van der Waals surface area contributed by atoms with Gasteiger partial charge in [0.1, 0.15) is 0 Å². The highest BCUT2D eigenvalue weighted by molar-refractivity contribution is 5.76. The van der Waals surface area contributed by atoms with Crippen molar-refractivity contribution < 1.29 is 8.78 Å². The predicted molar refractivity (Wildman–Crippen MR) is 39.2 cm³/mol. The first-order valence-corrected chi connectivity index (χ1v) is 3.69. The molecule has 0 bridgehead atoms. The fourth-order valence-electron chi connectivity index (χ4n) is 1.17. The molecule has 0 aromatic heterocycles. The van der Waals surface area contributed by atoms with Crippen molar-refractivity contribution in [3.05, 3.63) is 0 Å². The molecule has 1 rings (SSSR count). The fourth-order valence-corrected chi connectivity index (χ4v) is 1.17. The van der Waals surface area contributed by atoms with Crippen molar-refractivity contribution in [2.45, 2.75) is 25.7 Å². The summed E-state index contributed by atoms with van der Waals surface area (Å²) < 4.78 is 25.1. The number of likely N-dealkylation sites (tertiary alicyclic amines) is 1. The first-order valence-electron chi connectivity index (χ1n) is 3.69. The Morgan fingerprint density at radius 3 is 2.18 bits per heavy atom. The first-order chi connectivity index (χ1) is 5.01. The Balaban J connectivity index is 2.42. The Hall–Kier alpha value is -0.670. The van der Waals surface area contributed by atoms with Gasteiger partial charge in [-0.3, -0.25) is 5.41 Å². The number of alkyl halides is 2. The van der Waals surface area contributed by atoms with E-state index in [2.05, 4.69) is 0 Å². The minimum absolute atomic E-state index is 0.108. The Bertz CT molecular complexity index is 158. The third kappa shape index (κ3) is 2.13. The number of amidine groups is 1. The van der Waals surface area contributed by atoms with Gasteiger partial charge in [0.2, 0.25) is 0 Å². The van der Waals surface area contributed by atoms with E-state index in [0.29, 0.717) is 18.9 Å². The highest BCUT2D eigenvalue weighted by atomic mass is 19.3. The quantitative estimate of drug-likeness (QED) is 0.426. The number of nitrogens with zero attached hydrogens (tertiary/aromatic N) is 1. The topological polar surface area (TPSA) is 27.1 Å². The van der Waals surface area contributed by atoms with Crippen molar-refractivity contribution in [2.24, 2.45) is 0 Å². The molecule has 0 radical (unpaired) electrons. The van der Waals surface area contributed by atoms with E-state index in [4.69, 9.17) is 5.41 Å². The van der Waals surface area contributed by atoms with Crippen molar-refractivity contribution in [3.63, 3.8) is 0 Å². The molecule has 0 unspecified atom stereocenters. The molecule has 4 heteroatoms. The molecule has 0 aromatic carbocycles. The van der Waals surface area contributed by atoms with Gasteiger partial charge in [-0.05, 0) is 6.92 Å². The van der Waals surface area contributed by atoms with Crippen molar-refractivity contribution in [1.82, 2.24) is 4.90 Å². The third-order valence-electron chi connectivity index (χ3n) is 1.97. The Morgan fingerprint density at radius 2 is 1.82 bits per heavy atom. The Kier molecular flexibility index (Phi) is 2.11. The zero-order valence-electron chi connectivity index (χ0n) is 6.53. The molecule has 0 aliphatic carbocycles.